The van der Waals surface area contributed by atoms with E-state index < -0.39 is 0 Å². The number of benzene rings is 1. The Kier molecular flexibility index (Phi) is 3.79. The molecule has 1 fully saturated rings. The van der Waals surface area contributed by atoms with Crippen LogP contribution in [0, 0.1) is 0 Å². The second-order valence-electron chi connectivity index (χ2n) is 4.66. The Morgan fingerprint density at radius 1 is 1.41 bits per heavy atom. The molecule has 0 aromatic heterocycles. The summed E-state index contributed by atoms with van der Waals surface area (Å²) in [5, 5.41) is 3.34. The van der Waals surface area contributed by atoms with Gasteiger partial charge < -0.3 is 10.2 Å². The van der Waals surface area contributed by atoms with Gasteiger partial charge in [0.1, 0.15) is 0 Å². The second kappa shape index (κ2) is 5.32. The SMILES string of the molecule is CCc1ccc(C(=O)N2CCN[C@H](C)C2)cc1. The fourth-order valence-corrected chi connectivity index (χ4v) is 2.18. The summed E-state index contributed by atoms with van der Waals surface area (Å²) in [5.41, 5.74) is 2.08. The first-order chi connectivity index (χ1) is 8.20. The molecule has 0 radical (unpaired) electrons. The Hall–Kier alpha value is -1.35. The van der Waals surface area contributed by atoms with E-state index in [2.05, 4.69) is 19.2 Å². The van der Waals surface area contributed by atoms with Gasteiger partial charge in [-0.3, -0.25) is 4.79 Å². The van der Waals surface area contributed by atoms with Gasteiger partial charge in [0.2, 0.25) is 0 Å². The molecule has 1 heterocycles. The number of carbonyl (C=O) groups is 1. The fraction of sp³-hybridized carbons (Fsp3) is 0.500. The standard InChI is InChI=1S/C14H20N2O/c1-3-12-4-6-13(7-5-12)14(17)16-9-8-15-11(2)10-16/h4-7,11,15H,3,8-10H2,1-2H3/t11-/m1/s1. The first kappa shape index (κ1) is 12.1. The van der Waals surface area contributed by atoms with Crippen molar-refractivity contribution in [2.24, 2.45) is 0 Å². The molecule has 1 amide bonds. The smallest absolute Gasteiger partial charge is 0.253 e. The zero-order valence-electron chi connectivity index (χ0n) is 10.6. The third-order valence-electron chi connectivity index (χ3n) is 3.27. The molecule has 1 saturated heterocycles. The van der Waals surface area contributed by atoms with Gasteiger partial charge in [0.15, 0.2) is 0 Å². The van der Waals surface area contributed by atoms with Crippen molar-refractivity contribution in [3.8, 4) is 0 Å². The van der Waals surface area contributed by atoms with Gasteiger partial charge in [0.05, 0.1) is 0 Å². The van der Waals surface area contributed by atoms with Gasteiger partial charge in [0, 0.05) is 31.2 Å². The maximum Gasteiger partial charge on any atom is 0.253 e. The third-order valence-corrected chi connectivity index (χ3v) is 3.27. The minimum atomic E-state index is 0.154. The average Bonchev–Trinajstić information content (AvgIpc) is 2.38. The predicted molar refractivity (Wildman–Crippen MR) is 69.2 cm³/mol. The summed E-state index contributed by atoms with van der Waals surface area (Å²) in [6.07, 6.45) is 1.01. The molecule has 92 valence electrons. The van der Waals surface area contributed by atoms with Crippen LogP contribution in [0.4, 0.5) is 0 Å². The van der Waals surface area contributed by atoms with Crippen molar-refractivity contribution in [1.82, 2.24) is 10.2 Å². The van der Waals surface area contributed by atoms with Crippen molar-refractivity contribution in [3.63, 3.8) is 0 Å². The minimum absolute atomic E-state index is 0.154. The Bertz CT molecular complexity index is 386. The number of hydrogen-bond donors (Lipinski definition) is 1. The highest BCUT2D eigenvalue weighted by Gasteiger charge is 2.21. The maximum atomic E-state index is 12.2. The van der Waals surface area contributed by atoms with Crippen molar-refractivity contribution >= 4 is 5.91 Å². The van der Waals surface area contributed by atoms with Crippen LogP contribution in [0.15, 0.2) is 24.3 Å². The molecule has 1 aliphatic rings. The molecule has 0 bridgehead atoms. The minimum Gasteiger partial charge on any atom is -0.336 e. The van der Waals surface area contributed by atoms with Crippen molar-refractivity contribution in [1.29, 1.82) is 0 Å². The van der Waals surface area contributed by atoms with E-state index in [4.69, 9.17) is 0 Å². The highest BCUT2D eigenvalue weighted by atomic mass is 16.2. The van der Waals surface area contributed by atoms with Gasteiger partial charge in [-0.25, -0.2) is 0 Å². The van der Waals surface area contributed by atoms with E-state index in [9.17, 15) is 4.79 Å². The van der Waals surface area contributed by atoms with E-state index >= 15 is 0 Å². The molecule has 1 aromatic rings. The van der Waals surface area contributed by atoms with Crippen molar-refractivity contribution in [2.45, 2.75) is 26.3 Å². The lowest BCUT2D eigenvalue weighted by Crippen LogP contribution is -2.51. The van der Waals surface area contributed by atoms with Crippen LogP contribution < -0.4 is 5.32 Å². The molecule has 1 N–H and O–H groups in total. The van der Waals surface area contributed by atoms with Crippen LogP contribution >= 0.6 is 0 Å². The van der Waals surface area contributed by atoms with Gasteiger partial charge in [-0.05, 0) is 31.0 Å². The monoisotopic (exact) mass is 232 g/mol. The normalized spacial score (nSPS) is 20.4. The van der Waals surface area contributed by atoms with Crippen molar-refractivity contribution in [3.05, 3.63) is 35.4 Å². The van der Waals surface area contributed by atoms with Gasteiger partial charge in [-0.15, -0.1) is 0 Å². The Morgan fingerprint density at radius 2 is 2.12 bits per heavy atom. The quantitative estimate of drug-likeness (QED) is 0.841. The van der Waals surface area contributed by atoms with Crippen LogP contribution in [0.3, 0.4) is 0 Å². The number of aryl methyl sites for hydroxylation is 1. The van der Waals surface area contributed by atoms with Gasteiger partial charge in [-0.2, -0.15) is 0 Å². The molecule has 1 aliphatic heterocycles. The molecule has 2 rings (SSSR count). The summed E-state index contributed by atoms with van der Waals surface area (Å²) >= 11 is 0. The summed E-state index contributed by atoms with van der Waals surface area (Å²) in [7, 11) is 0. The van der Waals surface area contributed by atoms with Gasteiger partial charge >= 0.3 is 0 Å². The third kappa shape index (κ3) is 2.86. The molecule has 0 aliphatic carbocycles. The zero-order chi connectivity index (χ0) is 12.3. The number of amides is 1. The molecular formula is C14H20N2O. The van der Waals surface area contributed by atoms with Crippen LogP contribution in [-0.4, -0.2) is 36.5 Å². The molecule has 3 nitrogen and oxygen atoms in total. The van der Waals surface area contributed by atoms with Gasteiger partial charge in [0.25, 0.3) is 5.91 Å². The molecule has 0 unspecified atom stereocenters. The number of carbonyl (C=O) groups excluding carboxylic acids is 1. The predicted octanol–water partition coefficient (Wildman–Crippen LogP) is 1.68. The van der Waals surface area contributed by atoms with Crippen molar-refractivity contribution < 1.29 is 4.79 Å². The molecule has 17 heavy (non-hydrogen) atoms. The topological polar surface area (TPSA) is 32.3 Å². The first-order valence-corrected chi connectivity index (χ1v) is 6.32. The molecule has 0 saturated carbocycles. The van der Waals surface area contributed by atoms with Crippen LogP contribution in [0.25, 0.3) is 0 Å². The van der Waals surface area contributed by atoms with Crippen LogP contribution in [0.2, 0.25) is 0 Å². The Balaban J connectivity index is 2.07. The van der Waals surface area contributed by atoms with Crippen LogP contribution in [-0.2, 0) is 6.42 Å². The van der Waals surface area contributed by atoms with E-state index in [1.165, 1.54) is 5.56 Å². The number of nitrogens with one attached hydrogen (secondary N) is 1. The summed E-state index contributed by atoms with van der Waals surface area (Å²) < 4.78 is 0. The van der Waals surface area contributed by atoms with E-state index in [-0.39, 0.29) is 5.91 Å². The summed E-state index contributed by atoms with van der Waals surface area (Å²) in [4.78, 5) is 14.2. The second-order valence-corrected chi connectivity index (χ2v) is 4.66. The summed E-state index contributed by atoms with van der Waals surface area (Å²) in [6.45, 7) is 6.72. The molecule has 3 heteroatoms. The molecule has 1 aromatic carbocycles. The zero-order valence-corrected chi connectivity index (χ0v) is 10.6. The lowest BCUT2D eigenvalue weighted by molar-refractivity contribution is 0.0709. The Labute approximate surface area is 103 Å². The van der Waals surface area contributed by atoms with E-state index in [1.54, 1.807) is 0 Å². The van der Waals surface area contributed by atoms with Crippen molar-refractivity contribution in [2.75, 3.05) is 19.6 Å². The first-order valence-electron chi connectivity index (χ1n) is 6.32. The van der Waals surface area contributed by atoms with Gasteiger partial charge in [-0.1, -0.05) is 19.1 Å². The van der Waals surface area contributed by atoms with E-state index in [0.29, 0.717) is 6.04 Å². The number of hydrogen-bond acceptors (Lipinski definition) is 2. The lowest BCUT2D eigenvalue weighted by atomic mass is 10.1. The summed E-state index contributed by atoms with van der Waals surface area (Å²) in [6, 6.07) is 8.35. The molecule has 1 atom stereocenters. The van der Waals surface area contributed by atoms with E-state index in [1.807, 2.05) is 29.2 Å². The Morgan fingerprint density at radius 3 is 2.71 bits per heavy atom. The fourth-order valence-electron chi connectivity index (χ4n) is 2.18. The number of rotatable bonds is 2. The molecular weight excluding hydrogens is 212 g/mol. The summed E-state index contributed by atoms with van der Waals surface area (Å²) in [5.74, 6) is 0.154. The number of nitrogens with zero attached hydrogens (tertiary/aromatic N) is 1. The van der Waals surface area contributed by atoms with Crippen LogP contribution in [0.1, 0.15) is 29.8 Å². The largest absolute Gasteiger partial charge is 0.336 e. The number of piperazine rings is 1. The lowest BCUT2D eigenvalue weighted by Gasteiger charge is -2.32. The highest BCUT2D eigenvalue weighted by molar-refractivity contribution is 5.94. The molecule has 0 spiro atoms. The van der Waals surface area contributed by atoms with E-state index in [0.717, 1.165) is 31.6 Å². The van der Waals surface area contributed by atoms with Crippen LogP contribution in [0.5, 0.6) is 0 Å². The maximum absolute atomic E-state index is 12.2. The highest BCUT2D eigenvalue weighted by Crippen LogP contribution is 2.10. The average molecular weight is 232 g/mol.